The topological polar surface area (TPSA) is 0 Å². The van der Waals surface area contributed by atoms with Gasteiger partial charge in [0.25, 0.3) is 0 Å². The zero-order valence-electron chi connectivity index (χ0n) is 9.77. The molecule has 2 aromatic carbocycles. The normalized spacial score (nSPS) is 18.4. The van der Waals surface area contributed by atoms with Crippen molar-refractivity contribution in [2.75, 3.05) is 0 Å². The first kappa shape index (κ1) is 10.5. The van der Waals surface area contributed by atoms with Gasteiger partial charge in [0, 0.05) is 10.2 Å². The lowest BCUT2D eigenvalue weighted by Gasteiger charge is -2.11. The molecule has 1 unspecified atom stereocenters. The lowest BCUT2D eigenvalue weighted by atomic mass is 10.0. The second-order valence-electron chi connectivity index (χ2n) is 4.42. The van der Waals surface area contributed by atoms with Crippen LogP contribution in [-0.2, 0) is 0 Å². The molecule has 3 rings (SSSR count). The second-order valence-corrected chi connectivity index (χ2v) is 5.00. The van der Waals surface area contributed by atoms with E-state index in [-0.39, 0.29) is 0 Å². The summed E-state index contributed by atoms with van der Waals surface area (Å²) in [6.45, 7) is 2.21. The zero-order chi connectivity index (χ0) is 11.8. The first-order valence-electron chi connectivity index (χ1n) is 5.85. The monoisotopic (exact) mass is 233 g/mol. The van der Waals surface area contributed by atoms with Crippen LogP contribution in [0.25, 0.3) is 11.1 Å². The van der Waals surface area contributed by atoms with Gasteiger partial charge in [-0.05, 0) is 40.3 Å². The number of fused-ring (bicyclic) bond motifs is 1. The fraction of sp³-hybridized carbons (Fsp3) is 0.125. The zero-order valence-corrected chi connectivity index (χ0v) is 10.8. The summed E-state index contributed by atoms with van der Waals surface area (Å²) in [4.78, 5) is 0. The third kappa shape index (κ3) is 1.58. The molecule has 0 saturated carbocycles. The van der Waals surface area contributed by atoms with E-state index in [2.05, 4.69) is 71.8 Å². The highest BCUT2D eigenvalue weighted by atomic mass is 28.1. The molecule has 0 heterocycles. The second kappa shape index (κ2) is 4.01. The molecule has 2 aromatic rings. The number of rotatable bonds is 1. The molecule has 0 amide bonds. The minimum absolute atomic E-state index is 0.314. The lowest BCUT2D eigenvalue weighted by Crippen LogP contribution is -1.97. The van der Waals surface area contributed by atoms with E-state index in [0.29, 0.717) is 5.54 Å². The molecule has 1 aliphatic rings. The van der Waals surface area contributed by atoms with E-state index in [1.165, 1.54) is 27.8 Å². The van der Waals surface area contributed by atoms with Gasteiger partial charge in [0.1, 0.15) is 0 Å². The van der Waals surface area contributed by atoms with Crippen molar-refractivity contribution in [3.63, 3.8) is 0 Å². The van der Waals surface area contributed by atoms with Crippen molar-refractivity contribution < 1.29 is 0 Å². The van der Waals surface area contributed by atoms with Crippen molar-refractivity contribution in [2.45, 2.75) is 12.5 Å². The van der Waals surface area contributed by atoms with Gasteiger partial charge in [-0.15, -0.1) is 0 Å². The summed E-state index contributed by atoms with van der Waals surface area (Å²) in [7, 11) is 3.88. The van der Waals surface area contributed by atoms with Crippen molar-refractivity contribution >= 4 is 21.4 Å². The van der Waals surface area contributed by atoms with Gasteiger partial charge in [0.2, 0.25) is 0 Å². The van der Waals surface area contributed by atoms with E-state index in [4.69, 9.17) is 0 Å². The molecule has 3 radical (unpaired) electrons. The predicted octanol–water partition coefficient (Wildman–Crippen LogP) is 3.84. The molecular weight excluding hydrogens is 220 g/mol. The molecule has 1 aliphatic carbocycles. The Kier molecular flexibility index (Phi) is 2.48. The van der Waals surface area contributed by atoms with Gasteiger partial charge in [-0.1, -0.05) is 54.6 Å². The van der Waals surface area contributed by atoms with Crippen molar-refractivity contribution in [2.24, 2.45) is 0 Å². The predicted molar refractivity (Wildman–Crippen MR) is 73.9 cm³/mol. The highest BCUT2D eigenvalue weighted by molar-refractivity contribution is 6.24. The number of allylic oxidation sites excluding steroid dienone is 2. The summed E-state index contributed by atoms with van der Waals surface area (Å²) >= 11 is 0. The highest BCUT2D eigenvalue weighted by Gasteiger charge is 2.25. The molecule has 1 heteroatoms. The number of hydrogen-bond acceptors (Lipinski definition) is 0. The first-order valence-corrected chi connectivity index (χ1v) is 6.43. The van der Waals surface area contributed by atoms with E-state index >= 15 is 0 Å². The van der Waals surface area contributed by atoms with Crippen LogP contribution in [0.4, 0.5) is 0 Å². The number of hydrogen-bond donors (Lipinski definition) is 0. The van der Waals surface area contributed by atoms with Crippen LogP contribution in [0.3, 0.4) is 0 Å². The molecule has 0 aromatic heterocycles. The molecule has 17 heavy (non-hydrogen) atoms. The molecule has 0 fully saturated rings. The molecule has 81 valence electrons. The summed E-state index contributed by atoms with van der Waals surface area (Å²) < 4.78 is 0. The summed E-state index contributed by atoms with van der Waals surface area (Å²) in [5.74, 6) is 0. The van der Waals surface area contributed by atoms with E-state index in [1.807, 2.05) is 0 Å². The summed E-state index contributed by atoms with van der Waals surface area (Å²) in [5.41, 5.74) is 7.14. The Morgan fingerprint density at radius 3 is 2.24 bits per heavy atom. The van der Waals surface area contributed by atoms with Crippen LogP contribution in [0.1, 0.15) is 29.2 Å². The molecule has 0 nitrogen and oxygen atoms in total. The van der Waals surface area contributed by atoms with Crippen LogP contribution < -0.4 is 0 Å². The molecule has 0 aliphatic heterocycles. The standard InChI is InChI=1S/C16H13Si/c1-11-13-9-5-6-10-14(13)16(17)15(11)12-7-3-2-4-8-12/h2-10,16H,1H3. The van der Waals surface area contributed by atoms with Gasteiger partial charge < -0.3 is 0 Å². The minimum Gasteiger partial charge on any atom is -0.0622 e. The average molecular weight is 233 g/mol. The largest absolute Gasteiger partial charge is 0.0622 e. The maximum atomic E-state index is 3.88. The van der Waals surface area contributed by atoms with Gasteiger partial charge >= 0.3 is 0 Å². The molecule has 0 N–H and O–H groups in total. The van der Waals surface area contributed by atoms with Gasteiger partial charge in [0.05, 0.1) is 0 Å². The minimum atomic E-state index is 0.314. The van der Waals surface area contributed by atoms with Crippen molar-refractivity contribution in [1.29, 1.82) is 0 Å². The SMILES string of the molecule is CC1=C(c2ccccc2)C([Si])c2ccccc21. The Labute approximate surface area is 105 Å². The van der Waals surface area contributed by atoms with Crippen molar-refractivity contribution in [3.05, 3.63) is 71.3 Å². The molecule has 0 saturated heterocycles. The average Bonchev–Trinajstić information content (AvgIpc) is 2.64. The Bertz CT molecular complexity index is 581. The summed E-state index contributed by atoms with van der Waals surface area (Å²) in [6.07, 6.45) is 0. The Hall–Kier alpha value is -1.60. The van der Waals surface area contributed by atoms with Gasteiger partial charge in [0.15, 0.2) is 0 Å². The number of benzene rings is 2. The lowest BCUT2D eigenvalue weighted by molar-refractivity contribution is 1.26. The maximum Gasteiger partial charge on any atom is 0.0397 e. The van der Waals surface area contributed by atoms with E-state index in [1.54, 1.807) is 0 Å². The molecule has 0 bridgehead atoms. The van der Waals surface area contributed by atoms with Crippen LogP contribution >= 0.6 is 0 Å². The molecule has 1 atom stereocenters. The van der Waals surface area contributed by atoms with Crippen LogP contribution in [0, 0.1) is 0 Å². The first-order chi connectivity index (χ1) is 8.29. The van der Waals surface area contributed by atoms with E-state index < -0.39 is 0 Å². The van der Waals surface area contributed by atoms with Gasteiger partial charge in [-0.3, -0.25) is 0 Å². The molecule has 0 spiro atoms. The molecular formula is C16H13Si. The fourth-order valence-corrected chi connectivity index (χ4v) is 3.24. The van der Waals surface area contributed by atoms with Crippen LogP contribution in [0.2, 0.25) is 0 Å². The highest BCUT2D eigenvalue weighted by Crippen LogP contribution is 2.44. The van der Waals surface area contributed by atoms with Crippen LogP contribution in [-0.4, -0.2) is 10.2 Å². The van der Waals surface area contributed by atoms with Crippen LogP contribution in [0.15, 0.2) is 54.6 Å². The maximum absolute atomic E-state index is 3.88. The summed E-state index contributed by atoms with van der Waals surface area (Å²) in [6, 6.07) is 19.2. The third-order valence-corrected chi connectivity index (χ3v) is 4.05. The third-order valence-electron chi connectivity index (χ3n) is 3.45. The fourth-order valence-electron chi connectivity index (χ4n) is 2.61. The smallest absolute Gasteiger partial charge is 0.0397 e. The quantitative estimate of drug-likeness (QED) is 0.656. The van der Waals surface area contributed by atoms with Crippen molar-refractivity contribution in [1.82, 2.24) is 0 Å². The Morgan fingerprint density at radius 1 is 0.882 bits per heavy atom. The van der Waals surface area contributed by atoms with E-state index in [0.717, 1.165) is 0 Å². The van der Waals surface area contributed by atoms with Crippen LogP contribution in [0.5, 0.6) is 0 Å². The summed E-state index contributed by atoms with van der Waals surface area (Å²) in [5, 5.41) is 0. The van der Waals surface area contributed by atoms with Crippen molar-refractivity contribution in [3.8, 4) is 0 Å². The van der Waals surface area contributed by atoms with Gasteiger partial charge in [-0.2, -0.15) is 0 Å². The van der Waals surface area contributed by atoms with E-state index in [9.17, 15) is 0 Å². The Morgan fingerprint density at radius 2 is 1.53 bits per heavy atom. The van der Waals surface area contributed by atoms with Gasteiger partial charge in [-0.25, -0.2) is 0 Å². The Balaban J connectivity index is 2.18.